The van der Waals surface area contributed by atoms with Gasteiger partial charge in [-0.2, -0.15) is 0 Å². The lowest BCUT2D eigenvalue weighted by molar-refractivity contribution is -0.114. The van der Waals surface area contributed by atoms with Crippen molar-refractivity contribution in [2.24, 2.45) is 0 Å². The molecule has 2 N–H and O–H groups in total. The molecule has 0 aliphatic carbocycles. The maximum atomic E-state index is 12.7. The highest BCUT2D eigenvalue weighted by molar-refractivity contribution is 7.89. The molecular weight excluding hydrogens is 406 g/mol. The monoisotopic (exact) mass is 429 g/mol. The second-order valence-corrected chi connectivity index (χ2v) is 10.2. The lowest BCUT2D eigenvalue weighted by atomic mass is 10.1. The van der Waals surface area contributed by atoms with Gasteiger partial charge in [-0.3, -0.25) is 4.79 Å². The summed E-state index contributed by atoms with van der Waals surface area (Å²) >= 11 is 1.49. The van der Waals surface area contributed by atoms with E-state index in [0.29, 0.717) is 16.9 Å². The topological polar surface area (TPSA) is 88.2 Å². The Morgan fingerprint density at radius 3 is 2.38 bits per heavy atom. The molecule has 152 valence electrons. The highest BCUT2D eigenvalue weighted by atomic mass is 32.2. The Labute approximate surface area is 175 Å². The summed E-state index contributed by atoms with van der Waals surface area (Å²) < 4.78 is 28.0. The van der Waals surface area contributed by atoms with Crippen molar-refractivity contribution in [1.29, 1.82) is 0 Å². The number of amides is 1. The number of benzene rings is 2. The van der Waals surface area contributed by atoms with E-state index in [0.717, 1.165) is 10.6 Å². The summed E-state index contributed by atoms with van der Waals surface area (Å²) in [4.78, 5) is 16.5. The minimum absolute atomic E-state index is 0.0819. The summed E-state index contributed by atoms with van der Waals surface area (Å²) in [7, 11) is -3.73. The van der Waals surface area contributed by atoms with Gasteiger partial charge in [-0.15, -0.1) is 11.3 Å². The van der Waals surface area contributed by atoms with Gasteiger partial charge in [0.15, 0.2) is 0 Å². The van der Waals surface area contributed by atoms with Gasteiger partial charge in [0, 0.05) is 29.0 Å². The van der Waals surface area contributed by atoms with Crippen LogP contribution in [0, 0.1) is 0 Å². The number of sulfonamides is 1. The zero-order chi connectivity index (χ0) is 21.2. The summed E-state index contributed by atoms with van der Waals surface area (Å²) in [6.45, 7) is 6.70. The Bertz CT molecular complexity index is 1130. The van der Waals surface area contributed by atoms with Crippen molar-refractivity contribution >= 4 is 33.0 Å². The van der Waals surface area contributed by atoms with E-state index in [1.807, 2.05) is 35.7 Å². The van der Waals surface area contributed by atoms with Crippen molar-refractivity contribution < 1.29 is 13.2 Å². The van der Waals surface area contributed by atoms with Crippen LogP contribution in [0.4, 0.5) is 5.69 Å². The maximum absolute atomic E-state index is 12.7. The number of aromatic nitrogens is 1. The van der Waals surface area contributed by atoms with Gasteiger partial charge in [-0.05, 0) is 39.0 Å². The van der Waals surface area contributed by atoms with Crippen LogP contribution in [0.15, 0.2) is 58.8 Å². The lowest BCUT2D eigenvalue weighted by Gasteiger charge is -2.21. The van der Waals surface area contributed by atoms with Crippen LogP contribution in [-0.4, -0.2) is 24.8 Å². The smallest absolute Gasteiger partial charge is 0.241 e. The Hall–Kier alpha value is -2.55. The molecule has 0 fully saturated rings. The SMILES string of the molecule is CC(=O)Nc1cc(S(=O)(=O)NC(C)(C)C)ccc1-c1csc(-c2ccccc2)n1. The fourth-order valence-corrected chi connectivity index (χ4v) is 5.05. The normalized spacial score (nSPS) is 12.0. The maximum Gasteiger partial charge on any atom is 0.241 e. The minimum Gasteiger partial charge on any atom is -0.326 e. The van der Waals surface area contributed by atoms with Gasteiger partial charge in [0.2, 0.25) is 15.9 Å². The molecule has 6 nitrogen and oxygen atoms in total. The molecule has 29 heavy (non-hydrogen) atoms. The third-order valence-corrected chi connectivity index (χ3v) is 6.50. The molecule has 0 unspecified atom stereocenters. The average Bonchev–Trinajstić information content (AvgIpc) is 3.10. The van der Waals surface area contributed by atoms with Crippen molar-refractivity contribution in [2.75, 3.05) is 5.32 Å². The number of rotatable bonds is 5. The van der Waals surface area contributed by atoms with Crippen LogP contribution >= 0.6 is 11.3 Å². The molecule has 3 aromatic rings. The average molecular weight is 430 g/mol. The van der Waals surface area contributed by atoms with Crippen LogP contribution in [-0.2, 0) is 14.8 Å². The fourth-order valence-electron chi connectivity index (χ4n) is 2.78. The summed E-state index contributed by atoms with van der Waals surface area (Å²) in [5.41, 5.74) is 2.11. The molecule has 1 heterocycles. The van der Waals surface area contributed by atoms with Crippen molar-refractivity contribution in [2.45, 2.75) is 38.1 Å². The van der Waals surface area contributed by atoms with E-state index in [-0.39, 0.29) is 10.8 Å². The van der Waals surface area contributed by atoms with E-state index in [4.69, 9.17) is 0 Å². The van der Waals surface area contributed by atoms with E-state index in [9.17, 15) is 13.2 Å². The van der Waals surface area contributed by atoms with Gasteiger partial charge in [0.1, 0.15) is 5.01 Å². The predicted octanol–water partition coefficient (Wildman–Crippen LogP) is 4.51. The molecule has 3 rings (SSSR count). The number of carbonyl (C=O) groups excluding carboxylic acids is 1. The van der Waals surface area contributed by atoms with Crippen LogP contribution in [0.5, 0.6) is 0 Å². The standard InChI is InChI=1S/C21H23N3O3S2/c1-14(25)22-18-12-16(29(26,27)24-21(2,3)4)10-11-17(18)19-13-28-20(23-19)15-8-6-5-7-9-15/h5-13,24H,1-4H3,(H,22,25). The first-order chi connectivity index (χ1) is 13.5. The van der Waals surface area contributed by atoms with Crippen molar-refractivity contribution in [1.82, 2.24) is 9.71 Å². The molecule has 0 radical (unpaired) electrons. The number of nitrogens with one attached hydrogen (secondary N) is 2. The Morgan fingerprint density at radius 2 is 1.76 bits per heavy atom. The molecule has 0 atom stereocenters. The molecular formula is C21H23N3O3S2. The van der Waals surface area contributed by atoms with Crippen LogP contribution in [0.1, 0.15) is 27.7 Å². The Balaban J connectivity index is 2.04. The van der Waals surface area contributed by atoms with Crippen molar-refractivity contribution in [3.8, 4) is 21.8 Å². The second kappa shape index (κ2) is 8.06. The van der Waals surface area contributed by atoms with Gasteiger partial charge in [-0.1, -0.05) is 30.3 Å². The highest BCUT2D eigenvalue weighted by Crippen LogP contribution is 2.34. The first-order valence-corrected chi connectivity index (χ1v) is 11.4. The summed E-state index contributed by atoms with van der Waals surface area (Å²) in [6.07, 6.45) is 0. The molecule has 0 bridgehead atoms. The van der Waals surface area contributed by atoms with Crippen LogP contribution in [0.2, 0.25) is 0 Å². The summed E-state index contributed by atoms with van der Waals surface area (Å²) in [6, 6.07) is 14.4. The van der Waals surface area contributed by atoms with E-state index in [1.165, 1.54) is 30.4 Å². The molecule has 1 amide bonds. The third-order valence-electron chi connectivity index (χ3n) is 3.85. The molecule has 0 saturated heterocycles. The number of thiazole rings is 1. The highest BCUT2D eigenvalue weighted by Gasteiger charge is 2.23. The number of hydrogen-bond donors (Lipinski definition) is 2. The summed E-state index contributed by atoms with van der Waals surface area (Å²) in [5.74, 6) is -0.289. The molecule has 8 heteroatoms. The molecule has 0 aliphatic rings. The number of anilines is 1. The van der Waals surface area contributed by atoms with Crippen LogP contribution in [0.3, 0.4) is 0 Å². The number of nitrogens with zero attached hydrogens (tertiary/aromatic N) is 1. The predicted molar refractivity (Wildman–Crippen MR) is 117 cm³/mol. The minimum atomic E-state index is -3.73. The second-order valence-electron chi connectivity index (χ2n) is 7.65. The molecule has 0 aliphatic heterocycles. The third kappa shape index (κ3) is 5.29. The summed E-state index contributed by atoms with van der Waals surface area (Å²) in [5, 5.41) is 5.47. The Kier molecular flexibility index (Phi) is 5.88. The van der Waals surface area contributed by atoms with Gasteiger partial charge in [0.05, 0.1) is 16.3 Å². The fraction of sp³-hybridized carbons (Fsp3) is 0.238. The zero-order valence-corrected chi connectivity index (χ0v) is 18.3. The number of hydrogen-bond acceptors (Lipinski definition) is 5. The first-order valence-electron chi connectivity index (χ1n) is 9.02. The largest absolute Gasteiger partial charge is 0.326 e. The molecule has 1 aromatic heterocycles. The van der Waals surface area contributed by atoms with E-state index in [2.05, 4.69) is 15.0 Å². The van der Waals surface area contributed by atoms with Crippen molar-refractivity contribution in [3.63, 3.8) is 0 Å². The van der Waals surface area contributed by atoms with Gasteiger partial charge >= 0.3 is 0 Å². The first kappa shape index (κ1) is 21.2. The number of carbonyl (C=O) groups is 1. The molecule has 0 saturated carbocycles. The zero-order valence-electron chi connectivity index (χ0n) is 16.7. The van der Waals surface area contributed by atoms with E-state index < -0.39 is 15.6 Å². The molecule has 2 aromatic carbocycles. The van der Waals surface area contributed by atoms with Gasteiger partial charge < -0.3 is 5.32 Å². The van der Waals surface area contributed by atoms with Gasteiger partial charge in [0.25, 0.3) is 0 Å². The van der Waals surface area contributed by atoms with Crippen LogP contribution < -0.4 is 10.0 Å². The molecule has 0 spiro atoms. The van der Waals surface area contributed by atoms with E-state index in [1.54, 1.807) is 26.8 Å². The lowest BCUT2D eigenvalue weighted by Crippen LogP contribution is -2.40. The van der Waals surface area contributed by atoms with Crippen LogP contribution in [0.25, 0.3) is 21.8 Å². The van der Waals surface area contributed by atoms with Crippen molar-refractivity contribution in [3.05, 3.63) is 53.9 Å². The Morgan fingerprint density at radius 1 is 1.07 bits per heavy atom. The van der Waals surface area contributed by atoms with Gasteiger partial charge in [-0.25, -0.2) is 18.1 Å². The quantitative estimate of drug-likeness (QED) is 0.624. The van der Waals surface area contributed by atoms with E-state index >= 15 is 0 Å².